The van der Waals surface area contributed by atoms with E-state index in [0.717, 1.165) is 31.6 Å². The van der Waals surface area contributed by atoms with Crippen molar-refractivity contribution in [3.63, 3.8) is 0 Å². The van der Waals surface area contributed by atoms with Crippen LogP contribution in [0.5, 0.6) is 0 Å². The summed E-state index contributed by atoms with van der Waals surface area (Å²) < 4.78 is 28.0. The minimum absolute atomic E-state index is 0.241. The lowest BCUT2D eigenvalue weighted by atomic mass is 9.98. The summed E-state index contributed by atoms with van der Waals surface area (Å²) in [5.74, 6) is 0.708. The number of hydrogen-bond acceptors (Lipinski definition) is 4. The van der Waals surface area contributed by atoms with Crippen molar-refractivity contribution in [3.05, 3.63) is 48.5 Å². The molecule has 0 atom stereocenters. The highest BCUT2D eigenvalue weighted by Crippen LogP contribution is 2.33. The number of piperidine rings is 1. The monoisotopic (exact) mass is 345 g/mol. The van der Waals surface area contributed by atoms with Crippen LogP contribution in [0.3, 0.4) is 0 Å². The first-order valence-corrected chi connectivity index (χ1v) is 9.66. The van der Waals surface area contributed by atoms with Gasteiger partial charge in [0.2, 0.25) is 0 Å². The Balaban J connectivity index is 1.91. The van der Waals surface area contributed by atoms with E-state index >= 15 is 0 Å². The van der Waals surface area contributed by atoms with Crippen LogP contribution in [0.25, 0.3) is 0 Å². The molecule has 1 fully saturated rings. The SMILES string of the molecule is CC1CCN(c2ccc(N)cc2NS(=O)(=O)c2ccccc2)CC1. The van der Waals surface area contributed by atoms with Crippen LogP contribution < -0.4 is 15.4 Å². The predicted molar refractivity (Wildman–Crippen MR) is 98.7 cm³/mol. The van der Waals surface area contributed by atoms with Crippen LogP contribution in [0.15, 0.2) is 53.4 Å². The zero-order chi connectivity index (χ0) is 17.2. The van der Waals surface area contributed by atoms with Crippen molar-refractivity contribution >= 4 is 27.1 Å². The van der Waals surface area contributed by atoms with E-state index in [2.05, 4.69) is 16.5 Å². The maximum Gasteiger partial charge on any atom is 0.261 e. The Hall–Kier alpha value is -2.21. The van der Waals surface area contributed by atoms with E-state index in [1.54, 1.807) is 36.4 Å². The summed E-state index contributed by atoms with van der Waals surface area (Å²) in [6.07, 6.45) is 2.21. The van der Waals surface area contributed by atoms with Crippen LogP contribution in [0.1, 0.15) is 19.8 Å². The molecule has 0 aromatic heterocycles. The summed E-state index contributed by atoms with van der Waals surface area (Å²) in [4.78, 5) is 2.47. The van der Waals surface area contributed by atoms with E-state index in [-0.39, 0.29) is 4.90 Å². The van der Waals surface area contributed by atoms with E-state index in [1.807, 2.05) is 12.1 Å². The number of benzene rings is 2. The van der Waals surface area contributed by atoms with Gasteiger partial charge in [0.15, 0.2) is 0 Å². The number of nitrogens with one attached hydrogen (secondary N) is 1. The van der Waals surface area contributed by atoms with E-state index in [0.29, 0.717) is 17.3 Å². The quantitative estimate of drug-likeness (QED) is 0.834. The van der Waals surface area contributed by atoms with Crippen molar-refractivity contribution in [1.29, 1.82) is 0 Å². The molecule has 0 radical (unpaired) electrons. The van der Waals surface area contributed by atoms with Gasteiger partial charge in [0.25, 0.3) is 10.0 Å². The number of nitrogens with zero attached hydrogens (tertiary/aromatic N) is 1. The van der Waals surface area contributed by atoms with Crippen LogP contribution in [-0.2, 0) is 10.0 Å². The smallest absolute Gasteiger partial charge is 0.261 e. The van der Waals surface area contributed by atoms with Crippen molar-refractivity contribution in [1.82, 2.24) is 0 Å². The van der Waals surface area contributed by atoms with Crippen LogP contribution in [-0.4, -0.2) is 21.5 Å². The van der Waals surface area contributed by atoms with Gasteiger partial charge >= 0.3 is 0 Å². The van der Waals surface area contributed by atoms with Gasteiger partial charge in [-0.25, -0.2) is 8.42 Å². The molecule has 1 saturated heterocycles. The Labute approximate surface area is 143 Å². The fourth-order valence-electron chi connectivity index (χ4n) is 2.96. The molecule has 128 valence electrons. The largest absolute Gasteiger partial charge is 0.399 e. The Bertz CT molecular complexity index is 798. The molecule has 5 nitrogen and oxygen atoms in total. The minimum atomic E-state index is -3.63. The van der Waals surface area contributed by atoms with E-state index in [1.165, 1.54) is 0 Å². The molecule has 0 unspecified atom stereocenters. The second-order valence-corrected chi connectivity index (χ2v) is 8.05. The Morgan fingerprint density at radius 2 is 1.75 bits per heavy atom. The third kappa shape index (κ3) is 3.64. The molecule has 2 aromatic rings. The van der Waals surface area contributed by atoms with Gasteiger partial charge in [0.05, 0.1) is 16.3 Å². The first-order valence-electron chi connectivity index (χ1n) is 8.18. The van der Waals surface area contributed by atoms with Gasteiger partial charge in [0.1, 0.15) is 0 Å². The van der Waals surface area contributed by atoms with Crippen molar-refractivity contribution in [2.45, 2.75) is 24.7 Å². The third-order valence-electron chi connectivity index (χ3n) is 4.44. The molecule has 1 heterocycles. The fourth-order valence-corrected chi connectivity index (χ4v) is 4.05. The molecule has 0 aliphatic carbocycles. The molecular weight excluding hydrogens is 322 g/mol. The molecular formula is C18H23N3O2S. The number of sulfonamides is 1. The normalized spacial score (nSPS) is 16.1. The predicted octanol–water partition coefficient (Wildman–Crippen LogP) is 3.31. The average Bonchev–Trinajstić information content (AvgIpc) is 2.57. The molecule has 2 aromatic carbocycles. The number of rotatable bonds is 4. The van der Waals surface area contributed by atoms with E-state index < -0.39 is 10.0 Å². The van der Waals surface area contributed by atoms with E-state index in [4.69, 9.17) is 5.73 Å². The second kappa shape index (κ2) is 6.73. The molecule has 3 N–H and O–H groups in total. The van der Waals surface area contributed by atoms with Crippen molar-refractivity contribution in [2.75, 3.05) is 28.4 Å². The number of anilines is 3. The summed E-state index contributed by atoms with van der Waals surface area (Å²) in [7, 11) is -3.63. The van der Waals surface area contributed by atoms with Crippen molar-refractivity contribution in [2.24, 2.45) is 5.92 Å². The highest BCUT2D eigenvalue weighted by Gasteiger charge is 2.21. The third-order valence-corrected chi connectivity index (χ3v) is 5.82. The fraction of sp³-hybridized carbons (Fsp3) is 0.333. The van der Waals surface area contributed by atoms with Gasteiger partial charge in [-0.3, -0.25) is 4.72 Å². The van der Waals surface area contributed by atoms with Crippen LogP contribution in [0.2, 0.25) is 0 Å². The summed E-state index contributed by atoms with van der Waals surface area (Å²) in [5.41, 5.74) is 7.84. The van der Waals surface area contributed by atoms with Crippen LogP contribution >= 0.6 is 0 Å². The number of nitrogens with two attached hydrogens (primary N) is 1. The van der Waals surface area contributed by atoms with Crippen molar-refractivity contribution in [3.8, 4) is 0 Å². The molecule has 0 bridgehead atoms. The van der Waals surface area contributed by atoms with Gasteiger partial charge in [-0.15, -0.1) is 0 Å². The van der Waals surface area contributed by atoms with Gasteiger partial charge in [-0.2, -0.15) is 0 Å². The standard InChI is InChI=1S/C18H23N3O2S/c1-14-9-11-21(12-10-14)18-8-7-15(19)13-17(18)20-24(22,23)16-5-3-2-4-6-16/h2-8,13-14,20H,9-12,19H2,1H3. The summed E-state index contributed by atoms with van der Waals surface area (Å²) in [5, 5.41) is 0. The Kier molecular flexibility index (Phi) is 4.66. The lowest BCUT2D eigenvalue weighted by molar-refractivity contribution is 0.438. The molecule has 0 spiro atoms. The zero-order valence-corrected chi connectivity index (χ0v) is 14.6. The summed E-state index contributed by atoms with van der Waals surface area (Å²) in [6.45, 7) is 4.09. The van der Waals surface area contributed by atoms with E-state index in [9.17, 15) is 8.42 Å². The molecule has 3 rings (SSSR count). The van der Waals surface area contributed by atoms with Gasteiger partial charge in [0, 0.05) is 18.8 Å². The molecule has 24 heavy (non-hydrogen) atoms. The van der Waals surface area contributed by atoms with Gasteiger partial charge < -0.3 is 10.6 Å². The lowest BCUT2D eigenvalue weighted by Gasteiger charge is -2.33. The van der Waals surface area contributed by atoms with Crippen LogP contribution in [0.4, 0.5) is 17.1 Å². The Morgan fingerprint density at radius 3 is 2.42 bits per heavy atom. The molecule has 6 heteroatoms. The minimum Gasteiger partial charge on any atom is -0.399 e. The van der Waals surface area contributed by atoms with Crippen LogP contribution in [0, 0.1) is 5.92 Å². The number of hydrogen-bond donors (Lipinski definition) is 2. The average molecular weight is 345 g/mol. The second-order valence-electron chi connectivity index (χ2n) is 6.36. The molecule has 0 saturated carbocycles. The molecule has 1 aliphatic heterocycles. The first-order chi connectivity index (χ1) is 11.5. The number of nitrogen functional groups attached to an aromatic ring is 1. The van der Waals surface area contributed by atoms with Crippen molar-refractivity contribution < 1.29 is 8.42 Å². The Morgan fingerprint density at radius 1 is 1.08 bits per heavy atom. The maximum atomic E-state index is 12.6. The first kappa shape index (κ1) is 16.6. The van der Waals surface area contributed by atoms with Gasteiger partial charge in [-0.1, -0.05) is 25.1 Å². The molecule has 1 aliphatic rings. The highest BCUT2D eigenvalue weighted by molar-refractivity contribution is 7.92. The summed E-state index contributed by atoms with van der Waals surface area (Å²) in [6, 6.07) is 13.8. The maximum absolute atomic E-state index is 12.6. The van der Waals surface area contributed by atoms with Gasteiger partial charge in [-0.05, 0) is 49.1 Å². The molecule has 0 amide bonds. The lowest BCUT2D eigenvalue weighted by Crippen LogP contribution is -2.33. The topological polar surface area (TPSA) is 75.4 Å². The zero-order valence-electron chi connectivity index (χ0n) is 13.8. The summed E-state index contributed by atoms with van der Waals surface area (Å²) >= 11 is 0. The highest BCUT2D eigenvalue weighted by atomic mass is 32.2.